The molecule has 3 aromatic rings. The Morgan fingerprint density at radius 1 is 1.06 bits per heavy atom. The summed E-state index contributed by atoms with van der Waals surface area (Å²) in [5.41, 5.74) is 1.83. The van der Waals surface area contributed by atoms with Gasteiger partial charge < -0.3 is 15.1 Å². The summed E-state index contributed by atoms with van der Waals surface area (Å²) in [4.78, 5) is 12.6. The minimum Gasteiger partial charge on any atom is -0.367 e. The molecule has 9 heteroatoms. The van der Waals surface area contributed by atoms with E-state index in [1.807, 2.05) is 4.90 Å². The zero-order valence-electron chi connectivity index (χ0n) is 17.9. The number of hydrogen-bond donors (Lipinski definition) is 1. The first-order valence-electron chi connectivity index (χ1n) is 10.6. The molecule has 164 valence electrons. The number of aromatic nitrogens is 4. The van der Waals surface area contributed by atoms with Gasteiger partial charge in [-0.2, -0.15) is 5.10 Å². The highest BCUT2D eigenvalue weighted by atomic mass is 19.1. The smallest absolute Gasteiger partial charge is 0.227 e. The van der Waals surface area contributed by atoms with Gasteiger partial charge in [-0.05, 0) is 31.7 Å². The molecule has 1 saturated heterocycles. The monoisotopic (exact) mass is 427 g/mol. The van der Waals surface area contributed by atoms with Gasteiger partial charge in [0.1, 0.15) is 11.5 Å². The predicted octanol–water partition coefficient (Wildman–Crippen LogP) is 3.91. The number of aryl methyl sites for hydroxylation is 1. The second-order valence-electron chi connectivity index (χ2n) is 7.82. The number of likely N-dealkylation sites (N-methyl/N-ethyl adjacent to an activating group) is 1. The summed E-state index contributed by atoms with van der Waals surface area (Å²) in [5, 5.41) is 7.24. The van der Waals surface area contributed by atoms with Gasteiger partial charge in [-0.25, -0.2) is 18.7 Å². The Morgan fingerprint density at radius 3 is 2.61 bits per heavy atom. The minimum atomic E-state index is -0.530. The highest BCUT2D eigenvalue weighted by Gasteiger charge is 2.18. The molecular weight excluding hydrogens is 400 g/mol. The molecule has 0 bridgehead atoms. The van der Waals surface area contributed by atoms with Crippen LogP contribution in [0.25, 0.3) is 11.3 Å². The van der Waals surface area contributed by atoms with E-state index in [9.17, 15) is 8.78 Å². The van der Waals surface area contributed by atoms with Gasteiger partial charge in [0, 0.05) is 50.2 Å². The van der Waals surface area contributed by atoms with Crippen LogP contribution in [0, 0.1) is 11.6 Å². The second kappa shape index (κ2) is 9.38. The van der Waals surface area contributed by atoms with E-state index in [0.29, 0.717) is 16.9 Å². The molecule has 0 amide bonds. The molecular formula is C22H27F2N7. The van der Waals surface area contributed by atoms with Crippen molar-refractivity contribution in [2.75, 3.05) is 43.4 Å². The lowest BCUT2D eigenvalue weighted by molar-refractivity contribution is 0.311. The summed E-state index contributed by atoms with van der Waals surface area (Å²) in [6.45, 7) is 6.26. The second-order valence-corrected chi connectivity index (χ2v) is 7.82. The lowest BCUT2D eigenvalue weighted by Gasteiger charge is -2.34. The predicted molar refractivity (Wildman–Crippen MR) is 118 cm³/mol. The average molecular weight is 428 g/mol. The van der Waals surface area contributed by atoms with Crippen molar-refractivity contribution in [3.63, 3.8) is 0 Å². The van der Waals surface area contributed by atoms with Crippen molar-refractivity contribution in [1.82, 2.24) is 24.6 Å². The van der Waals surface area contributed by atoms with Gasteiger partial charge in [0.25, 0.3) is 0 Å². The number of halogens is 2. The standard InChI is InChI=1S/C22H27F2N7/c1-3-4-7-31-15-16(13-26-31)21-19(24)14-25-22(28-21)27-17-5-6-20(18(23)12-17)30-10-8-29(2)9-11-30/h5-6,12-15H,3-4,7-11H2,1-2H3,(H,25,27,28). The van der Waals surface area contributed by atoms with E-state index in [2.05, 4.69) is 39.3 Å². The van der Waals surface area contributed by atoms with Crippen molar-refractivity contribution in [1.29, 1.82) is 0 Å². The molecule has 0 saturated carbocycles. The molecule has 2 aromatic heterocycles. The molecule has 0 radical (unpaired) electrons. The minimum absolute atomic E-state index is 0.162. The van der Waals surface area contributed by atoms with Gasteiger partial charge in [0.15, 0.2) is 5.82 Å². The Bertz CT molecular complexity index is 1030. The lowest BCUT2D eigenvalue weighted by atomic mass is 10.2. The summed E-state index contributed by atoms with van der Waals surface area (Å²) >= 11 is 0. The van der Waals surface area contributed by atoms with Crippen molar-refractivity contribution in [3.05, 3.63) is 48.4 Å². The van der Waals surface area contributed by atoms with E-state index in [0.717, 1.165) is 51.8 Å². The van der Waals surface area contributed by atoms with E-state index in [-0.39, 0.29) is 17.5 Å². The normalized spacial score (nSPS) is 14.8. The molecule has 0 atom stereocenters. The zero-order valence-corrected chi connectivity index (χ0v) is 17.9. The third kappa shape index (κ3) is 4.99. The number of hydrogen-bond acceptors (Lipinski definition) is 6. The third-order valence-electron chi connectivity index (χ3n) is 5.44. The van der Waals surface area contributed by atoms with Gasteiger partial charge in [-0.3, -0.25) is 4.68 Å². The molecule has 0 unspecified atom stereocenters. The van der Waals surface area contributed by atoms with Crippen LogP contribution in [0.1, 0.15) is 19.8 Å². The van der Waals surface area contributed by atoms with Gasteiger partial charge in [0.2, 0.25) is 5.95 Å². The van der Waals surface area contributed by atoms with E-state index >= 15 is 0 Å². The van der Waals surface area contributed by atoms with Crippen molar-refractivity contribution in [2.45, 2.75) is 26.3 Å². The van der Waals surface area contributed by atoms with Gasteiger partial charge in [0.05, 0.1) is 18.1 Å². The van der Waals surface area contributed by atoms with E-state index in [1.165, 1.54) is 6.07 Å². The number of piperazine rings is 1. The van der Waals surface area contributed by atoms with E-state index in [4.69, 9.17) is 0 Å². The Morgan fingerprint density at radius 2 is 1.87 bits per heavy atom. The van der Waals surface area contributed by atoms with E-state index < -0.39 is 5.82 Å². The van der Waals surface area contributed by atoms with Gasteiger partial charge in [-0.1, -0.05) is 13.3 Å². The quantitative estimate of drug-likeness (QED) is 0.617. The first-order chi connectivity index (χ1) is 15.0. The van der Waals surface area contributed by atoms with Crippen LogP contribution >= 0.6 is 0 Å². The number of nitrogens with zero attached hydrogens (tertiary/aromatic N) is 6. The number of unbranched alkanes of at least 4 members (excludes halogenated alkanes) is 1. The van der Waals surface area contributed by atoms with Gasteiger partial charge in [-0.15, -0.1) is 0 Å². The molecule has 4 rings (SSSR count). The van der Waals surface area contributed by atoms with Crippen molar-refractivity contribution < 1.29 is 8.78 Å². The van der Waals surface area contributed by atoms with Crippen LogP contribution in [0.5, 0.6) is 0 Å². The zero-order chi connectivity index (χ0) is 21.8. The largest absolute Gasteiger partial charge is 0.367 e. The number of rotatable bonds is 7. The highest BCUT2D eigenvalue weighted by molar-refractivity contribution is 5.63. The van der Waals surface area contributed by atoms with E-state index in [1.54, 1.807) is 29.2 Å². The SMILES string of the molecule is CCCCn1cc(-c2nc(Nc3ccc(N4CCN(C)CC4)c(F)c3)ncc2F)cn1. The molecule has 0 aliphatic carbocycles. The maximum absolute atomic E-state index is 14.7. The van der Waals surface area contributed by atoms with Crippen LogP contribution in [0.15, 0.2) is 36.8 Å². The molecule has 7 nitrogen and oxygen atoms in total. The summed E-state index contributed by atoms with van der Waals surface area (Å²) < 4.78 is 30.9. The fourth-order valence-corrected chi connectivity index (χ4v) is 3.58. The fraction of sp³-hybridized carbons (Fsp3) is 0.409. The van der Waals surface area contributed by atoms with Crippen LogP contribution in [-0.2, 0) is 6.54 Å². The number of anilines is 3. The number of nitrogens with one attached hydrogen (secondary N) is 1. The van der Waals surface area contributed by atoms with Crippen LogP contribution in [-0.4, -0.2) is 57.9 Å². The molecule has 1 aliphatic heterocycles. The third-order valence-corrected chi connectivity index (χ3v) is 5.44. The molecule has 1 aliphatic rings. The highest BCUT2D eigenvalue weighted by Crippen LogP contribution is 2.26. The Kier molecular flexibility index (Phi) is 6.41. The Hall–Kier alpha value is -3.07. The van der Waals surface area contributed by atoms with Gasteiger partial charge >= 0.3 is 0 Å². The van der Waals surface area contributed by atoms with Crippen LogP contribution in [0.4, 0.5) is 26.1 Å². The molecule has 3 heterocycles. The first-order valence-corrected chi connectivity index (χ1v) is 10.6. The number of benzene rings is 1. The van der Waals surface area contributed by atoms with Crippen LogP contribution in [0.3, 0.4) is 0 Å². The average Bonchev–Trinajstić information content (AvgIpc) is 3.23. The summed E-state index contributed by atoms with van der Waals surface area (Å²) in [7, 11) is 2.06. The first kappa shape index (κ1) is 21.2. The maximum atomic E-state index is 14.7. The lowest BCUT2D eigenvalue weighted by Crippen LogP contribution is -2.44. The maximum Gasteiger partial charge on any atom is 0.227 e. The Labute approximate surface area is 180 Å². The molecule has 1 N–H and O–H groups in total. The molecule has 0 spiro atoms. The Balaban J connectivity index is 1.50. The summed E-state index contributed by atoms with van der Waals surface area (Å²) in [5.74, 6) is -0.643. The topological polar surface area (TPSA) is 62.1 Å². The van der Waals surface area contributed by atoms with Crippen molar-refractivity contribution in [2.24, 2.45) is 0 Å². The molecule has 1 fully saturated rings. The van der Waals surface area contributed by atoms with Crippen LogP contribution in [0.2, 0.25) is 0 Å². The van der Waals surface area contributed by atoms with Crippen LogP contribution < -0.4 is 10.2 Å². The fourth-order valence-electron chi connectivity index (χ4n) is 3.58. The van der Waals surface area contributed by atoms with Crippen molar-refractivity contribution >= 4 is 17.3 Å². The van der Waals surface area contributed by atoms with Crippen molar-refractivity contribution in [3.8, 4) is 11.3 Å². The molecule has 1 aromatic carbocycles. The summed E-state index contributed by atoms with van der Waals surface area (Å²) in [6, 6.07) is 4.96. The molecule has 31 heavy (non-hydrogen) atoms. The summed E-state index contributed by atoms with van der Waals surface area (Å²) in [6.07, 6.45) is 6.53.